The third-order valence-electron chi connectivity index (χ3n) is 1.33. The number of carboxylic acid groups (broad SMARTS) is 1. The molecule has 1 aromatic carbocycles. The van der Waals surface area contributed by atoms with Gasteiger partial charge in [0.2, 0.25) is 0 Å². The van der Waals surface area contributed by atoms with E-state index in [1.807, 2.05) is 0 Å². The van der Waals surface area contributed by atoms with E-state index in [0.717, 1.165) is 12.1 Å². The molecule has 16 heavy (non-hydrogen) atoms. The van der Waals surface area contributed by atoms with Gasteiger partial charge in [-0.15, -0.1) is 0 Å². The van der Waals surface area contributed by atoms with Gasteiger partial charge in [-0.3, -0.25) is 0 Å². The number of hydrogen-bond donors (Lipinski definition) is 1. The van der Waals surface area contributed by atoms with Crippen LogP contribution in [-0.4, -0.2) is 11.1 Å². The molecule has 0 aliphatic carbocycles. The van der Waals surface area contributed by atoms with Crippen LogP contribution >= 0.6 is 7.82 Å². The second kappa shape index (κ2) is 7.87. The average Bonchev–Trinajstić information content (AvgIpc) is 2.01. The number of rotatable bonds is 3. The molecule has 0 radical (unpaired) electrons. The molecule has 0 amide bonds. The van der Waals surface area contributed by atoms with Gasteiger partial charge in [0.05, 0.1) is 0 Å². The van der Waals surface area contributed by atoms with Crippen molar-refractivity contribution in [3.63, 3.8) is 0 Å². The van der Waals surface area contributed by atoms with Crippen LogP contribution in [0, 0.1) is 0 Å². The number of benzene rings is 1. The van der Waals surface area contributed by atoms with E-state index in [0.29, 0.717) is 0 Å². The van der Waals surface area contributed by atoms with Gasteiger partial charge in [-0.25, -0.2) is 4.79 Å². The predicted molar refractivity (Wildman–Crippen MR) is 41.6 cm³/mol. The van der Waals surface area contributed by atoms with Crippen LogP contribution in [0.1, 0.15) is 10.4 Å². The van der Waals surface area contributed by atoms with Crippen LogP contribution in [0.2, 0.25) is 0 Å². The first kappa shape index (κ1) is 19.0. The van der Waals surface area contributed by atoms with Crippen molar-refractivity contribution in [1.82, 2.24) is 0 Å². The summed E-state index contributed by atoms with van der Waals surface area (Å²) in [4.78, 5) is 31.0. The Balaban J connectivity index is 0. The summed E-state index contributed by atoms with van der Waals surface area (Å²) in [7, 11) is -5.22. The van der Waals surface area contributed by atoms with E-state index in [9.17, 15) is 19.1 Å². The number of carbonyl (C=O) groups is 1. The zero-order valence-corrected chi connectivity index (χ0v) is 13.6. The van der Waals surface area contributed by atoms with Crippen molar-refractivity contribution in [3.8, 4) is 5.75 Å². The average molecular weight is 262 g/mol. The molecule has 0 saturated heterocycles. The molecule has 0 unspecified atom stereocenters. The fourth-order valence-electron chi connectivity index (χ4n) is 0.843. The normalized spacial score (nSPS) is 9.62. The molecule has 0 heterocycles. The van der Waals surface area contributed by atoms with Crippen LogP contribution in [0.15, 0.2) is 24.3 Å². The number of para-hydroxylation sites is 1. The number of aromatic carboxylic acids is 1. The topological polar surface area (TPSA) is 110 Å². The Morgan fingerprint density at radius 3 is 2.19 bits per heavy atom. The van der Waals surface area contributed by atoms with E-state index >= 15 is 0 Å². The molecule has 1 rings (SSSR count). The summed E-state index contributed by atoms with van der Waals surface area (Å²) in [5, 5.41) is 8.59. The van der Waals surface area contributed by atoms with E-state index in [1.54, 1.807) is 0 Å². The van der Waals surface area contributed by atoms with Crippen molar-refractivity contribution in [2.24, 2.45) is 0 Å². The molecular weight excluding hydrogens is 257 g/mol. The van der Waals surface area contributed by atoms with E-state index in [-0.39, 0.29) is 64.7 Å². The van der Waals surface area contributed by atoms with Gasteiger partial charge in [0.1, 0.15) is 19.1 Å². The van der Waals surface area contributed by atoms with Gasteiger partial charge in [-0.2, -0.15) is 0 Å². The summed E-state index contributed by atoms with van der Waals surface area (Å²) in [6.45, 7) is 0. The number of phosphoric acid groups is 1. The molecule has 1 N–H and O–H groups in total. The Morgan fingerprint density at radius 1 is 1.25 bits per heavy atom. The smallest absolute Gasteiger partial charge is 0.780 e. The fraction of sp³-hybridized carbons (Fsp3) is 0. The quantitative estimate of drug-likeness (QED) is 0.428. The van der Waals surface area contributed by atoms with Crippen molar-refractivity contribution in [1.29, 1.82) is 0 Å². The third kappa shape index (κ3) is 6.39. The molecule has 0 aromatic heterocycles. The molecule has 0 bridgehead atoms. The minimum atomic E-state index is -5.22. The Hall–Kier alpha value is 0.640. The molecule has 0 fully saturated rings. The van der Waals surface area contributed by atoms with Crippen molar-refractivity contribution in [3.05, 3.63) is 29.8 Å². The zero-order valence-electron chi connectivity index (χ0n) is 8.75. The molecule has 0 spiro atoms. The number of phosphoric ester groups is 1. The van der Waals surface area contributed by atoms with Gasteiger partial charge >= 0.3 is 65.1 Å². The first-order valence-electron chi connectivity index (χ1n) is 3.44. The summed E-state index contributed by atoms with van der Waals surface area (Å²) in [5.41, 5.74) is -0.376. The van der Waals surface area contributed by atoms with Crippen LogP contribution in [0.4, 0.5) is 0 Å². The van der Waals surface area contributed by atoms with Crippen molar-refractivity contribution < 1.29 is 87.9 Å². The first-order chi connectivity index (χ1) is 6.40. The second-order valence-electron chi connectivity index (χ2n) is 2.34. The van der Waals surface area contributed by atoms with Crippen molar-refractivity contribution >= 4 is 13.8 Å². The SMILES string of the molecule is O=C(O)c1ccccc1OP(=O)([O-])[O-].[Na+].[Na+]. The number of hydrogen-bond acceptors (Lipinski definition) is 5. The maximum Gasteiger partial charge on any atom is 1.00 e. The summed E-state index contributed by atoms with van der Waals surface area (Å²) < 4.78 is 14.2. The molecule has 0 atom stereocenters. The standard InChI is InChI=1S/C7H7O6P.2Na/c8-7(9)5-3-1-2-4-6(5)13-14(10,11)12;;/h1-4H,(H,8,9)(H2,10,11,12);;/q;2*+1/p-2. The molecule has 9 heteroatoms. The predicted octanol–water partition coefficient (Wildman–Crippen LogP) is -6.40. The Labute approximate surface area is 136 Å². The fourth-order valence-corrected chi connectivity index (χ4v) is 1.24. The molecular formula is C7H5Na2O6P. The summed E-state index contributed by atoms with van der Waals surface area (Å²) >= 11 is 0. The van der Waals surface area contributed by atoms with Gasteiger partial charge in [-0.1, -0.05) is 12.1 Å². The van der Waals surface area contributed by atoms with Crippen LogP contribution < -0.4 is 73.4 Å². The largest absolute Gasteiger partial charge is 1.00 e. The molecule has 0 aliphatic heterocycles. The summed E-state index contributed by atoms with van der Waals surface area (Å²) in [5.74, 6) is -1.85. The van der Waals surface area contributed by atoms with E-state index in [4.69, 9.17) is 5.11 Å². The molecule has 0 aliphatic rings. The zero-order chi connectivity index (χ0) is 10.8. The van der Waals surface area contributed by atoms with Gasteiger partial charge in [0.15, 0.2) is 0 Å². The maximum atomic E-state index is 10.5. The first-order valence-corrected chi connectivity index (χ1v) is 4.90. The Morgan fingerprint density at radius 2 is 1.75 bits per heavy atom. The molecule has 0 saturated carbocycles. The minimum Gasteiger partial charge on any atom is -0.780 e. The Kier molecular flexibility index (Phi) is 9.34. The van der Waals surface area contributed by atoms with E-state index in [1.165, 1.54) is 12.1 Å². The Bertz CT molecular complexity index is 404. The van der Waals surface area contributed by atoms with Gasteiger partial charge in [0, 0.05) is 0 Å². The van der Waals surface area contributed by atoms with Crippen molar-refractivity contribution in [2.75, 3.05) is 0 Å². The van der Waals surface area contributed by atoms with E-state index in [2.05, 4.69) is 4.52 Å². The van der Waals surface area contributed by atoms with Crippen LogP contribution in [0.5, 0.6) is 5.75 Å². The maximum absolute atomic E-state index is 10.5. The minimum absolute atomic E-state index is 0. The van der Waals surface area contributed by atoms with Crippen molar-refractivity contribution in [2.45, 2.75) is 0 Å². The van der Waals surface area contributed by atoms with Gasteiger partial charge in [-0.05, 0) is 12.1 Å². The van der Waals surface area contributed by atoms with Crippen LogP contribution in [0.3, 0.4) is 0 Å². The summed E-state index contributed by atoms with van der Waals surface area (Å²) in [6, 6.07) is 4.97. The van der Waals surface area contributed by atoms with E-state index < -0.39 is 19.5 Å². The van der Waals surface area contributed by atoms with Gasteiger partial charge in [0.25, 0.3) is 0 Å². The van der Waals surface area contributed by atoms with Crippen LogP contribution in [-0.2, 0) is 4.57 Å². The summed E-state index contributed by atoms with van der Waals surface area (Å²) in [6.07, 6.45) is 0. The molecule has 76 valence electrons. The molecule has 1 aromatic rings. The third-order valence-corrected chi connectivity index (χ3v) is 1.75. The molecule has 6 nitrogen and oxygen atoms in total. The number of carboxylic acids is 1. The monoisotopic (exact) mass is 262 g/mol. The second-order valence-corrected chi connectivity index (χ2v) is 3.42. The van der Waals surface area contributed by atoms with Crippen LogP contribution in [0.25, 0.3) is 0 Å². The van der Waals surface area contributed by atoms with Gasteiger partial charge < -0.3 is 24.0 Å².